The second-order valence-electron chi connectivity index (χ2n) is 7.12. The SMILES string of the molecule is CC(C)n1ncc2c(C(=O)NC[C@H]3COCCO3)cc(-c3ccccc3)nc21. The van der Waals surface area contributed by atoms with E-state index in [4.69, 9.17) is 14.5 Å². The molecule has 3 heterocycles. The Morgan fingerprint density at radius 2 is 2.11 bits per heavy atom. The van der Waals surface area contributed by atoms with Crippen LogP contribution in [0.2, 0.25) is 0 Å². The van der Waals surface area contributed by atoms with Gasteiger partial charge < -0.3 is 14.8 Å². The molecule has 146 valence electrons. The van der Waals surface area contributed by atoms with Crippen molar-refractivity contribution in [3.63, 3.8) is 0 Å². The molecule has 1 aromatic carbocycles. The lowest BCUT2D eigenvalue weighted by atomic mass is 10.1. The number of hydrogen-bond acceptors (Lipinski definition) is 5. The van der Waals surface area contributed by atoms with E-state index in [-0.39, 0.29) is 18.1 Å². The van der Waals surface area contributed by atoms with Crippen molar-refractivity contribution in [2.45, 2.75) is 26.0 Å². The van der Waals surface area contributed by atoms with Crippen LogP contribution >= 0.6 is 0 Å². The summed E-state index contributed by atoms with van der Waals surface area (Å²) in [7, 11) is 0. The van der Waals surface area contributed by atoms with Gasteiger partial charge in [-0.3, -0.25) is 4.79 Å². The Balaban J connectivity index is 1.70. The van der Waals surface area contributed by atoms with Gasteiger partial charge in [0, 0.05) is 18.2 Å². The van der Waals surface area contributed by atoms with Crippen LogP contribution in [0.5, 0.6) is 0 Å². The van der Waals surface area contributed by atoms with Crippen LogP contribution in [0.3, 0.4) is 0 Å². The highest BCUT2D eigenvalue weighted by Crippen LogP contribution is 2.26. The topological polar surface area (TPSA) is 78.3 Å². The molecule has 0 bridgehead atoms. The molecule has 1 saturated heterocycles. The normalized spacial score (nSPS) is 17.2. The van der Waals surface area contributed by atoms with E-state index in [9.17, 15) is 4.79 Å². The third-order valence-corrected chi connectivity index (χ3v) is 4.75. The maximum absolute atomic E-state index is 13.0. The fourth-order valence-corrected chi connectivity index (χ4v) is 3.30. The Kier molecular flexibility index (Phi) is 5.36. The summed E-state index contributed by atoms with van der Waals surface area (Å²) >= 11 is 0. The molecule has 1 fully saturated rings. The first-order chi connectivity index (χ1) is 13.6. The molecule has 1 amide bonds. The molecule has 0 radical (unpaired) electrons. The van der Waals surface area contributed by atoms with Crippen LogP contribution in [0.4, 0.5) is 0 Å². The molecule has 0 aliphatic carbocycles. The summed E-state index contributed by atoms with van der Waals surface area (Å²) < 4.78 is 12.9. The monoisotopic (exact) mass is 380 g/mol. The number of carbonyl (C=O) groups excluding carboxylic acids is 1. The molecular weight excluding hydrogens is 356 g/mol. The summed E-state index contributed by atoms with van der Waals surface area (Å²) in [6.07, 6.45) is 1.59. The van der Waals surface area contributed by atoms with Crippen LogP contribution in [-0.2, 0) is 9.47 Å². The van der Waals surface area contributed by atoms with E-state index in [1.807, 2.05) is 54.9 Å². The van der Waals surface area contributed by atoms with E-state index in [0.717, 1.165) is 16.6 Å². The van der Waals surface area contributed by atoms with Crippen LogP contribution in [0.1, 0.15) is 30.2 Å². The van der Waals surface area contributed by atoms with E-state index in [2.05, 4.69) is 10.4 Å². The third kappa shape index (κ3) is 3.76. The summed E-state index contributed by atoms with van der Waals surface area (Å²) in [6, 6.07) is 11.8. The summed E-state index contributed by atoms with van der Waals surface area (Å²) in [6.45, 7) is 6.14. The molecule has 0 unspecified atom stereocenters. The smallest absolute Gasteiger partial charge is 0.252 e. The van der Waals surface area contributed by atoms with Gasteiger partial charge >= 0.3 is 0 Å². The van der Waals surface area contributed by atoms with Crippen LogP contribution in [0, 0.1) is 0 Å². The van der Waals surface area contributed by atoms with Gasteiger partial charge in [-0.25, -0.2) is 9.67 Å². The molecule has 4 rings (SSSR count). The van der Waals surface area contributed by atoms with Crippen molar-refractivity contribution >= 4 is 16.9 Å². The number of amides is 1. The van der Waals surface area contributed by atoms with Gasteiger partial charge in [0.1, 0.15) is 0 Å². The van der Waals surface area contributed by atoms with Gasteiger partial charge in [-0.2, -0.15) is 5.10 Å². The fraction of sp³-hybridized carbons (Fsp3) is 0.381. The molecule has 2 aromatic heterocycles. The zero-order valence-corrected chi connectivity index (χ0v) is 16.1. The highest BCUT2D eigenvalue weighted by atomic mass is 16.6. The minimum Gasteiger partial charge on any atom is -0.376 e. The number of ether oxygens (including phenoxy) is 2. The molecule has 0 saturated carbocycles. The van der Waals surface area contributed by atoms with E-state index >= 15 is 0 Å². The van der Waals surface area contributed by atoms with Crippen LogP contribution in [-0.4, -0.2) is 53.1 Å². The van der Waals surface area contributed by atoms with E-state index < -0.39 is 0 Å². The number of aromatic nitrogens is 3. The molecule has 7 heteroatoms. The second-order valence-corrected chi connectivity index (χ2v) is 7.12. The van der Waals surface area contributed by atoms with Crippen molar-refractivity contribution in [3.05, 3.63) is 48.2 Å². The quantitative estimate of drug-likeness (QED) is 0.736. The van der Waals surface area contributed by atoms with Gasteiger partial charge in [0.15, 0.2) is 5.65 Å². The van der Waals surface area contributed by atoms with E-state index in [1.165, 1.54) is 0 Å². The van der Waals surface area contributed by atoms with Crippen molar-refractivity contribution in [3.8, 4) is 11.3 Å². The molecule has 28 heavy (non-hydrogen) atoms. The molecule has 1 aliphatic rings. The first kappa shape index (κ1) is 18.6. The van der Waals surface area contributed by atoms with E-state index in [0.29, 0.717) is 37.6 Å². The molecule has 1 N–H and O–H groups in total. The number of carbonyl (C=O) groups is 1. The average Bonchev–Trinajstić information content (AvgIpc) is 3.17. The fourth-order valence-electron chi connectivity index (χ4n) is 3.30. The number of pyridine rings is 1. The van der Waals surface area contributed by atoms with Crippen molar-refractivity contribution in [2.24, 2.45) is 0 Å². The maximum atomic E-state index is 13.0. The predicted octanol–water partition coefficient (Wildman–Crippen LogP) is 2.82. The number of hydrogen-bond donors (Lipinski definition) is 1. The van der Waals surface area contributed by atoms with Crippen molar-refractivity contribution in [2.75, 3.05) is 26.4 Å². The van der Waals surface area contributed by atoms with Gasteiger partial charge in [0.2, 0.25) is 0 Å². The van der Waals surface area contributed by atoms with E-state index in [1.54, 1.807) is 6.20 Å². The van der Waals surface area contributed by atoms with Crippen LogP contribution in [0.15, 0.2) is 42.6 Å². The van der Waals surface area contributed by atoms with Crippen molar-refractivity contribution in [1.29, 1.82) is 0 Å². The average molecular weight is 380 g/mol. The second kappa shape index (κ2) is 8.08. The van der Waals surface area contributed by atoms with Gasteiger partial charge in [0.05, 0.1) is 48.8 Å². The first-order valence-corrected chi connectivity index (χ1v) is 9.54. The Morgan fingerprint density at radius 1 is 1.29 bits per heavy atom. The lowest BCUT2D eigenvalue weighted by Crippen LogP contribution is -2.39. The Bertz CT molecular complexity index is 962. The number of nitrogens with one attached hydrogen (secondary N) is 1. The molecule has 0 spiro atoms. The number of nitrogens with zero attached hydrogens (tertiary/aromatic N) is 3. The molecule has 3 aromatic rings. The number of benzene rings is 1. The zero-order valence-electron chi connectivity index (χ0n) is 16.1. The molecule has 1 aliphatic heterocycles. The Hall–Kier alpha value is -2.77. The van der Waals surface area contributed by atoms with Gasteiger partial charge in [-0.15, -0.1) is 0 Å². The highest BCUT2D eigenvalue weighted by molar-refractivity contribution is 6.06. The summed E-state index contributed by atoms with van der Waals surface area (Å²) in [5.74, 6) is -0.165. The highest BCUT2D eigenvalue weighted by Gasteiger charge is 2.20. The van der Waals surface area contributed by atoms with Gasteiger partial charge in [-0.05, 0) is 19.9 Å². The lowest BCUT2D eigenvalue weighted by molar-refractivity contribution is -0.0855. The summed E-state index contributed by atoms with van der Waals surface area (Å²) in [5, 5.41) is 8.16. The van der Waals surface area contributed by atoms with Crippen molar-refractivity contribution < 1.29 is 14.3 Å². The molecule has 1 atom stereocenters. The molecule has 7 nitrogen and oxygen atoms in total. The van der Waals surface area contributed by atoms with Crippen LogP contribution < -0.4 is 5.32 Å². The largest absolute Gasteiger partial charge is 0.376 e. The zero-order chi connectivity index (χ0) is 19.5. The Morgan fingerprint density at radius 3 is 2.82 bits per heavy atom. The van der Waals surface area contributed by atoms with Gasteiger partial charge in [0.25, 0.3) is 5.91 Å². The van der Waals surface area contributed by atoms with Crippen molar-refractivity contribution in [1.82, 2.24) is 20.1 Å². The Labute approximate surface area is 163 Å². The minimum absolute atomic E-state index is 0.123. The van der Waals surface area contributed by atoms with Crippen LogP contribution in [0.25, 0.3) is 22.3 Å². The third-order valence-electron chi connectivity index (χ3n) is 4.75. The minimum atomic E-state index is -0.165. The standard InChI is InChI=1S/C21H24N4O3/c1-14(2)25-20-18(12-23-25)17(10-19(24-20)15-6-4-3-5-7-15)21(26)22-11-16-13-27-8-9-28-16/h3-7,10,12,14,16H,8-9,11,13H2,1-2H3,(H,22,26)/t16-/m0/s1. The first-order valence-electron chi connectivity index (χ1n) is 9.54. The lowest BCUT2D eigenvalue weighted by Gasteiger charge is -2.23. The summed E-state index contributed by atoms with van der Waals surface area (Å²) in [4.78, 5) is 17.8. The number of fused-ring (bicyclic) bond motifs is 1. The predicted molar refractivity (Wildman–Crippen MR) is 106 cm³/mol. The summed E-state index contributed by atoms with van der Waals surface area (Å²) in [5.41, 5.74) is 2.98. The molecular formula is C21H24N4O3. The maximum Gasteiger partial charge on any atom is 0.252 e. The van der Waals surface area contributed by atoms with Gasteiger partial charge in [-0.1, -0.05) is 30.3 Å². The number of rotatable bonds is 5.